The number of nitrogens with zero attached hydrogens (tertiary/aromatic N) is 2. The van der Waals surface area contributed by atoms with Crippen LogP contribution >= 0.6 is 0 Å². The fourth-order valence-corrected chi connectivity index (χ4v) is 2.08. The Bertz CT molecular complexity index is 453. The summed E-state index contributed by atoms with van der Waals surface area (Å²) in [4.78, 5) is 31.0. The van der Waals surface area contributed by atoms with Gasteiger partial charge in [-0.1, -0.05) is 19.3 Å². The Morgan fingerprint density at radius 2 is 1.95 bits per heavy atom. The van der Waals surface area contributed by atoms with E-state index in [1.54, 1.807) is 6.92 Å². The largest absolute Gasteiger partial charge is 0.415 e. The fourth-order valence-electron chi connectivity index (χ4n) is 2.08. The molecule has 1 N–H and O–H groups in total. The second kappa shape index (κ2) is 6.26. The maximum atomic E-state index is 11.6. The predicted molar refractivity (Wildman–Crippen MR) is 67.6 cm³/mol. The number of ether oxygens (including phenoxy) is 1. The van der Waals surface area contributed by atoms with E-state index in [1.165, 1.54) is 18.8 Å². The van der Waals surface area contributed by atoms with Crippen molar-refractivity contribution in [3.8, 4) is 0 Å². The lowest BCUT2D eigenvalue weighted by atomic mass is 9.96. The van der Waals surface area contributed by atoms with E-state index in [9.17, 15) is 9.59 Å². The summed E-state index contributed by atoms with van der Waals surface area (Å²) >= 11 is 0. The summed E-state index contributed by atoms with van der Waals surface area (Å²) in [5.74, 6) is -0.777. The number of rotatable bonds is 2. The van der Waals surface area contributed by atoms with Gasteiger partial charge < -0.3 is 10.1 Å². The van der Waals surface area contributed by atoms with Crippen LogP contribution in [0.15, 0.2) is 12.4 Å². The molecule has 0 unspecified atom stereocenters. The zero-order valence-corrected chi connectivity index (χ0v) is 10.9. The van der Waals surface area contributed by atoms with E-state index in [-0.39, 0.29) is 11.7 Å². The molecular weight excluding hydrogens is 246 g/mol. The molecular formula is C13H17N3O3. The highest BCUT2D eigenvalue weighted by Gasteiger charge is 2.19. The highest BCUT2D eigenvalue weighted by Crippen LogP contribution is 2.17. The number of nitrogens with one attached hydrogen (secondary N) is 1. The van der Waals surface area contributed by atoms with E-state index in [2.05, 4.69) is 20.0 Å². The van der Waals surface area contributed by atoms with E-state index >= 15 is 0 Å². The molecule has 1 aromatic rings. The number of alkyl carbamates (subject to hydrolysis) is 1. The van der Waals surface area contributed by atoms with E-state index in [0.29, 0.717) is 5.69 Å². The molecule has 1 aromatic heterocycles. The SMILES string of the molecule is Cc1cnc(C(=O)OC(=O)NC2CCCCC2)cn1. The lowest BCUT2D eigenvalue weighted by Gasteiger charge is -2.21. The molecule has 0 saturated heterocycles. The minimum Gasteiger partial charge on any atom is -0.371 e. The third-order valence-corrected chi connectivity index (χ3v) is 3.10. The van der Waals surface area contributed by atoms with Crippen molar-refractivity contribution in [2.45, 2.75) is 45.1 Å². The highest BCUT2D eigenvalue weighted by molar-refractivity contribution is 5.94. The van der Waals surface area contributed by atoms with Gasteiger partial charge in [0, 0.05) is 12.2 Å². The molecule has 0 spiro atoms. The van der Waals surface area contributed by atoms with Crippen molar-refractivity contribution in [3.05, 3.63) is 23.8 Å². The number of amides is 1. The second-order valence-corrected chi connectivity index (χ2v) is 4.70. The molecule has 1 fully saturated rings. The molecule has 0 bridgehead atoms. The molecule has 19 heavy (non-hydrogen) atoms. The van der Waals surface area contributed by atoms with Gasteiger partial charge in [-0.3, -0.25) is 4.98 Å². The van der Waals surface area contributed by atoms with Gasteiger partial charge in [0.1, 0.15) is 0 Å². The molecule has 0 radical (unpaired) electrons. The average Bonchev–Trinajstić information content (AvgIpc) is 2.40. The van der Waals surface area contributed by atoms with Crippen LogP contribution in [0.25, 0.3) is 0 Å². The van der Waals surface area contributed by atoms with E-state index in [1.807, 2.05) is 0 Å². The molecule has 1 heterocycles. The van der Waals surface area contributed by atoms with Crippen LogP contribution in [0.1, 0.15) is 48.3 Å². The van der Waals surface area contributed by atoms with Crippen molar-refractivity contribution in [3.63, 3.8) is 0 Å². The zero-order valence-electron chi connectivity index (χ0n) is 10.9. The summed E-state index contributed by atoms with van der Waals surface area (Å²) in [6.07, 6.45) is 7.32. The zero-order chi connectivity index (χ0) is 13.7. The third kappa shape index (κ3) is 4.01. The number of esters is 1. The van der Waals surface area contributed by atoms with Gasteiger partial charge in [-0.25, -0.2) is 14.6 Å². The monoisotopic (exact) mass is 263 g/mol. The Kier molecular flexibility index (Phi) is 4.43. The smallest absolute Gasteiger partial charge is 0.371 e. The van der Waals surface area contributed by atoms with Gasteiger partial charge >= 0.3 is 12.1 Å². The number of carbonyl (C=O) groups is 2. The van der Waals surface area contributed by atoms with Crippen molar-refractivity contribution in [2.75, 3.05) is 0 Å². The van der Waals surface area contributed by atoms with Crippen molar-refractivity contribution in [1.29, 1.82) is 0 Å². The molecule has 102 valence electrons. The molecule has 1 saturated carbocycles. The van der Waals surface area contributed by atoms with E-state index < -0.39 is 12.1 Å². The van der Waals surface area contributed by atoms with Gasteiger partial charge in [-0.15, -0.1) is 0 Å². The lowest BCUT2D eigenvalue weighted by molar-refractivity contribution is 0.0607. The molecule has 6 heteroatoms. The Balaban J connectivity index is 1.84. The van der Waals surface area contributed by atoms with Gasteiger partial charge in [0.05, 0.1) is 11.9 Å². The van der Waals surface area contributed by atoms with Gasteiger partial charge in [0.2, 0.25) is 0 Å². The maximum absolute atomic E-state index is 11.6. The maximum Gasteiger partial charge on any atom is 0.415 e. The number of carbonyl (C=O) groups excluding carboxylic acids is 2. The van der Waals surface area contributed by atoms with Crippen molar-refractivity contribution >= 4 is 12.1 Å². The molecule has 6 nitrogen and oxygen atoms in total. The molecule has 0 aromatic carbocycles. The van der Waals surface area contributed by atoms with Crippen LogP contribution in [0.2, 0.25) is 0 Å². The third-order valence-electron chi connectivity index (χ3n) is 3.10. The first-order valence-electron chi connectivity index (χ1n) is 6.46. The van der Waals surface area contributed by atoms with Crippen LogP contribution in [0.5, 0.6) is 0 Å². The topological polar surface area (TPSA) is 81.2 Å². The first-order valence-corrected chi connectivity index (χ1v) is 6.46. The van der Waals surface area contributed by atoms with Gasteiger partial charge in [-0.2, -0.15) is 0 Å². The molecule has 2 rings (SSSR count). The van der Waals surface area contributed by atoms with Crippen molar-refractivity contribution in [2.24, 2.45) is 0 Å². The highest BCUT2D eigenvalue weighted by atomic mass is 16.6. The second-order valence-electron chi connectivity index (χ2n) is 4.70. The van der Waals surface area contributed by atoms with Gasteiger partial charge in [0.25, 0.3) is 0 Å². The Morgan fingerprint density at radius 3 is 2.58 bits per heavy atom. The van der Waals surface area contributed by atoms with E-state index in [0.717, 1.165) is 25.7 Å². The predicted octanol–water partition coefficient (Wildman–Crippen LogP) is 1.98. The molecule has 1 amide bonds. The Morgan fingerprint density at radius 1 is 1.21 bits per heavy atom. The minimum atomic E-state index is -0.777. The Hall–Kier alpha value is -1.98. The van der Waals surface area contributed by atoms with Crippen LogP contribution in [-0.4, -0.2) is 28.1 Å². The summed E-state index contributed by atoms with van der Waals surface area (Å²) < 4.78 is 4.69. The number of hydrogen-bond donors (Lipinski definition) is 1. The number of hydrogen-bond acceptors (Lipinski definition) is 5. The normalized spacial score (nSPS) is 15.8. The Labute approximate surface area is 111 Å². The standard InChI is InChI=1S/C13H17N3O3/c1-9-7-15-11(8-14-9)12(17)19-13(18)16-10-5-3-2-4-6-10/h7-8,10H,2-6H2,1H3,(H,16,18). The summed E-state index contributed by atoms with van der Waals surface area (Å²) in [6.45, 7) is 1.76. The lowest BCUT2D eigenvalue weighted by Crippen LogP contribution is -2.37. The molecule has 1 aliphatic carbocycles. The average molecular weight is 263 g/mol. The van der Waals surface area contributed by atoms with Gasteiger partial charge in [0.15, 0.2) is 5.69 Å². The van der Waals surface area contributed by atoms with Gasteiger partial charge in [-0.05, 0) is 19.8 Å². The number of aryl methyl sites for hydroxylation is 1. The van der Waals surface area contributed by atoms with Crippen molar-refractivity contribution < 1.29 is 14.3 Å². The van der Waals surface area contributed by atoms with Crippen LogP contribution in [-0.2, 0) is 4.74 Å². The summed E-state index contributed by atoms with van der Waals surface area (Å²) in [7, 11) is 0. The van der Waals surface area contributed by atoms with Crippen LogP contribution in [0, 0.1) is 6.92 Å². The van der Waals surface area contributed by atoms with Crippen LogP contribution in [0.4, 0.5) is 4.79 Å². The summed E-state index contributed by atoms with van der Waals surface area (Å²) in [6, 6.07) is 0.109. The quantitative estimate of drug-likeness (QED) is 0.651. The molecule has 0 aliphatic heterocycles. The first-order chi connectivity index (χ1) is 9.15. The van der Waals surface area contributed by atoms with Crippen LogP contribution in [0.3, 0.4) is 0 Å². The molecule has 1 aliphatic rings. The number of aromatic nitrogens is 2. The fraction of sp³-hybridized carbons (Fsp3) is 0.538. The van der Waals surface area contributed by atoms with Crippen molar-refractivity contribution in [1.82, 2.24) is 15.3 Å². The summed E-state index contributed by atoms with van der Waals surface area (Å²) in [5.41, 5.74) is 0.729. The van der Waals surface area contributed by atoms with Crippen LogP contribution < -0.4 is 5.32 Å². The first kappa shape index (κ1) is 13.5. The molecule has 0 atom stereocenters. The summed E-state index contributed by atoms with van der Waals surface area (Å²) in [5, 5.41) is 2.70. The van der Waals surface area contributed by atoms with E-state index in [4.69, 9.17) is 0 Å². The minimum absolute atomic E-state index is 0.0318.